The molecule has 0 bridgehead atoms. The maximum Gasteiger partial charge on any atom is 0.573 e. The molecule has 0 unspecified atom stereocenters. The lowest BCUT2D eigenvalue weighted by Crippen LogP contribution is -2.21. The Labute approximate surface area is 88.2 Å². The van der Waals surface area contributed by atoms with Crippen molar-refractivity contribution in [3.8, 4) is 5.75 Å². The summed E-state index contributed by atoms with van der Waals surface area (Å²) in [6, 6.07) is 0.455. The van der Waals surface area contributed by atoms with E-state index in [2.05, 4.69) is 4.74 Å². The molecule has 1 heterocycles. The molecular weight excluding hydrogens is 321 g/mol. The Kier molecular flexibility index (Phi) is 3.02. The molecule has 0 aliphatic heterocycles. The normalized spacial score (nSPS) is 11.5. The van der Waals surface area contributed by atoms with Gasteiger partial charge in [0.25, 0.3) is 5.56 Å². The van der Waals surface area contributed by atoms with Crippen molar-refractivity contribution >= 4 is 22.6 Å². The molecule has 0 aromatic carbocycles. The molecule has 8 heteroatoms. The number of H-pyrrole nitrogens is 1. The molecule has 3 nitrogen and oxygen atoms in total. The zero-order valence-corrected chi connectivity index (χ0v) is 8.44. The first-order chi connectivity index (χ1) is 6.29. The molecule has 1 aromatic rings. The summed E-state index contributed by atoms with van der Waals surface area (Å²) in [5, 5.41) is 0. The molecule has 0 atom stereocenters. The lowest BCUT2D eigenvalue weighted by Gasteiger charge is -2.09. The summed E-state index contributed by atoms with van der Waals surface area (Å²) in [6.07, 6.45) is -4.94. The van der Waals surface area contributed by atoms with Crippen LogP contribution in [0.4, 0.5) is 17.6 Å². The van der Waals surface area contributed by atoms with Crippen LogP contribution in [0.25, 0.3) is 0 Å². The Hall–Kier alpha value is -0.800. The van der Waals surface area contributed by atoms with Gasteiger partial charge < -0.3 is 4.74 Å². The highest BCUT2D eigenvalue weighted by molar-refractivity contribution is 14.1. The van der Waals surface area contributed by atoms with Gasteiger partial charge in [-0.2, -0.15) is 4.39 Å². The predicted molar refractivity (Wildman–Crippen MR) is 46.4 cm³/mol. The van der Waals surface area contributed by atoms with E-state index >= 15 is 0 Å². The molecule has 0 radical (unpaired) electrons. The van der Waals surface area contributed by atoms with E-state index in [0.29, 0.717) is 6.07 Å². The van der Waals surface area contributed by atoms with Crippen LogP contribution >= 0.6 is 22.6 Å². The summed E-state index contributed by atoms with van der Waals surface area (Å²) >= 11 is 1.33. The Morgan fingerprint density at radius 3 is 2.50 bits per heavy atom. The quantitative estimate of drug-likeness (QED) is 0.488. The van der Waals surface area contributed by atoms with Crippen molar-refractivity contribution in [2.45, 2.75) is 6.36 Å². The van der Waals surface area contributed by atoms with Crippen LogP contribution < -0.4 is 10.3 Å². The van der Waals surface area contributed by atoms with Crippen LogP contribution in [0, 0.1) is 9.52 Å². The maximum absolute atomic E-state index is 12.5. The van der Waals surface area contributed by atoms with Gasteiger partial charge in [0.05, 0.1) is 0 Å². The van der Waals surface area contributed by atoms with Gasteiger partial charge in [-0.25, -0.2) is 0 Å². The van der Waals surface area contributed by atoms with Crippen molar-refractivity contribution in [2.75, 3.05) is 0 Å². The number of ether oxygens (including phenoxy) is 1. The van der Waals surface area contributed by atoms with E-state index in [1.165, 1.54) is 22.6 Å². The van der Waals surface area contributed by atoms with Crippen molar-refractivity contribution in [3.05, 3.63) is 25.9 Å². The molecule has 1 aromatic heterocycles. The summed E-state index contributed by atoms with van der Waals surface area (Å²) < 4.78 is 50.7. The van der Waals surface area contributed by atoms with E-state index < -0.39 is 23.6 Å². The number of nitrogens with one attached hydrogen (secondary N) is 1. The summed E-state index contributed by atoms with van der Waals surface area (Å²) in [5.41, 5.74) is -0.968. The third kappa shape index (κ3) is 2.86. The van der Waals surface area contributed by atoms with Crippen LogP contribution in [0.5, 0.6) is 5.75 Å². The monoisotopic (exact) mass is 323 g/mol. The summed E-state index contributed by atoms with van der Waals surface area (Å²) in [6.45, 7) is 0. The number of aromatic amines is 1. The van der Waals surface area contributed by atoms with Crippen LogP contribution in [0.2, 0.25) is 0 Å². The van der Waals surface area contributed by atoms with Crippen molar-refractivity contribution < 1.29 is 22.3 Å². The number of hydrogen-bond donors (Lipinski definition) is 1. The third-order valence-electron chi connectivity index (χ3n) is 1.13. The van der Waals surface area contributed by atoms with Gasteiger partial charge in [-0.3, -0.25) is 9.78 Å². The number of aromatic nitrogens is 1. The topological polar surface area (TPSA) is 42.1 Å². The Bertz CT molecular complexity index is 400. The predicted octanol–water partition coefficient (Wildman–Crippen LogP) is 2.02. The first-order valence-corrected chi connectivity index (χ1v) is 4.21. The highest BCUT2D eigenvalue weighted by Crippen LogP contribution is 2.25. The molecule has 1 N–H and O–H groups in total. The second-order valence-electron chi connectivity index (χ2n) is 2.17. The number of pyridine rings is 1. The largest absolute Gasteiger partial charge is 0.573 e. The average molecular weight is 323 g/mol. The fraction of sp³-hybridized carbons (Fsp3) is 0.167. The highest BCUT2D eigenvalue weighted by Gasteiger charge is 2.32. The number of hydrogen-bond acceptors (Lipinski definition) is 2. The minimum atomic E-state index is -4.94. The van der Waals surface area contributed by atoms with Gasteiger partial charge in [0.15, 0.2) is 11.7 Å². The number of rotatable bonds is 1. The minimum Gasteiger partial charge on any atom is -0.404 e. The smallest absolute Gasteiger partial charge is 0.404 e. The number of alkyl halides is 3. The van der Waals surface area contributed by atoms with Crippen LogP contribution in [-0.2, 0) is 0 Å². The molecule has 0 saturated heterocycles. The first-order valence-electron chi connectivity index (χ1n) is 3.13. The molecule has 0 fully saturated rings. The van der Waals surface area contributed by atoms with Crippen molar-refractivity contribution in [1.82, 2.24) is 4.98 Å². The molecule has 0 aliphatic rings. The maximum atomic E-state index is 12.5. The fourth-order valence-corrected chi connectivity index (χ4v) is 1.09. The molecule has 0 amide bonds. The zero-order chi connectivity index (χ0) is 10.9. The van der Waals surface area contributed by atoms with E-state index in [1.807, 2.05) is 0 Å². The second kappa shape index (κ2) is 3.75. The van der Waals surface area contributed by atoms with Gasteiger partial charge in [-0.15, -0.1) is 13.2 Å². The third-order valence-corrected chi connectivity index (χ3v) is 2.15. The van der Waals surface area contributed by atoms with Gasteiger partial charge in [0, 0.05) is 6.07 Å². The SMILES string of the molecule is O=c1[nH]c(F)cc(OC(F)(F)F)c1I. The zero-order valence-electron chi connectivity index (χ0n) is 6.28. The van der Waals surface area contributed by atoms with Crippen LogP contribution in [0.15, 0.2) is 10.9 Å². The van der Waals surface area contributed by atoms with E-state index in [0.717, 1.165) is 0 Å². The Balaban J connectivity index is 3.15. The van der Waals surface area contributed by atoms with Gasteiger partial charge in [-0.1, -0.05) is 0 Å². The standard InChI is InChI=1S/C6H2F4INO2/c7-3-1-2(14-6(8,9)10)4(11)5(13)12-3/h1H,(H,12,13). The van der Waals surface area contributed by atoms with Gasteiger partial charge in [0.2, 0.25) is 0 Å². The molecule has 14 heavy (non-hydrogen) atoms. The highest BCUT2D eigenvalue weighted by atomic mass is 127. The van der Waals surface area contributed by atoms with E-state index in [9.17, 15) is 22.4 Å². The van der Waals surface area contributed by atoms with Crippen LogP contribution in [0.3, 0.4) is 0 Å². The summed E-state index contributed by atoms with van der Waals surface area (Å²) in [5.74, 6) is -2.03. The molecule has 0 saturated carbocycles. The fourth-order valence-electron chi connectivity index (χ4n) is 0.689. The van der Waals surface area contributed by atoms with Crippen molar-refractivity contribution in [2.24, 2.45) is 0 Å². The van der Waals surface area contributed by atoms with Gasteiger partial charge in [0.1, 0.15) is 3.57 Å². The Morgan fingerprint density at radius 1 is 1.43 bits per heavy atom. The lowest BCUT2D eigenvalue weighted by atomic mass is 10.4. The lowest BCUT2D eigenvalue weighted by molar-refractivity contribution is -0.275. The van der Waals surface area contributed by atoms with Crippen LogP contribution in [-0.4, -0.2) is 11.3 Å². The molecular formula is C6H2F4INO2. The second-order valence-corrected chi connectivity index (χ2v) is 3.25. The molecule has 1 rings (SSSR count). The molecule has 0 aliphatic carbocycles. The van der Waals surface area contributed by atoms with Gasteiger partial charge >= 0.3 is 6.36 Å². The molecule has 0 spiro atoms. The minimum absolute atomic E-state index is 0.360. The molecule has 78 valence electrons. The summed E-state index contributed by atoms with van der Waals surface area (Å²) in [7, 11) is 0. The van der Waals surface area contributed by atoms with Crippen LogP contribution in [0.1, 0.15) is 0 Å². The van der Waals surface area contributed by atoms with Crippen molar-refractivity contribution in [1.29, 1.82) is 0 Å². The van der Waals surface area contributed by atoms with E-state index in [1.54, 1.807) is 4.98 Å². The van der Waals surface area contributed by atoms with Crippen molar-refractivity contribution in [3.63, 3.8) is 0 Å². The average Bonchev–Trinajstić information content (AvgIpc) is 1.96. The number of halogens is 5. The first kappa shape index (κ1) is 11.3. The van der Waals surface area contributed by atoms with E-state index in [4.69, 9.17) is 0 Å². The summed E-state index contributed by atoms with van der Waals surface area (Å²) in [4.78, 5) is 12.5. The van der Waals surface area contributed by atoms with Gasteiger partial charge in [-0.05, 0) is 22.6 Å². The van der Waals surface area contributed by atoms with E-state index in [-0.39, 0.29) is 3.57 Å². The Morgan fingerprint density at radius 2 is 2.00 bits per heavy atom.